The van der Waals surface area contributed by atoms with Gasteiger partial charge in [-0.15, -0.1) is 0 Å². The summed E-state index contributed by atoms with van der Waals surface area (Å²) in [6.45, 7) is 5.61. The Hall–Kier alpha value is -0.900. The average molecular weight is 205 g/mol. The van der Waals surface area contributed by atoms with E-state index in [1.165, 1.54) is 5.56 Å². The average Bonchev–Trinajstić information content (AvgIpc) is 2.31. The van der Waals surface area contributed by atoms with Crippen molar-refractivity contribution in [3.05, 3.63) is 35.9 Å². The molecule has 1 aliphatic heterocycles. The zero-order valence-electron chi connectivity index (χ0n) is 9.32. The van der Waals surface area contributed by atoms with Gasteiger partial charge in [-0.2, -0.15) is 0 Å². The fraction of sp³-hybridized carbons (Fsp3) is 0.500. The van der Waals surface area contributed by atoms with Crippen LogP contribution in [0.25, 0.3) is 0 Å². The molecular weight excluding hydrogens is 186 g/mol. The van der Waals surface area contributed by atoms with Crippen LogP contribution in [0.1, 0.15) is 5.56 Å². The van der Waals surface area contributed by atoms with Crippen molar-refractivity contribution in [3.63, 3.8) is 0 Å². The SMILES string of the molecule is CNN1CCN(Cc2ccccc2)CC1. The molecule has 0 saturated carbocycles. The summed E-state index contributed by atoms with van der Waals surface area (Å²) in [7, 11) is 1.99. The van der Waals surface area contributed by atoms with Crippen LogP contribution < -0.4 is 5.43 Å². The fourth-order valence-electron chi connectivity index (χ4n) is 1.97. The molecule has 0 spiro atoms. The van der Waals surface area contributed by atoms with Gasteiger partial charge in [0.05, 0.1) is 0 Å². The molecule has 1 saturated heterocycles. The molecule has 0 bridgehead atoms. The number of nitrogens with zero attached hydrogens (tertiary/aromatic N) is 2. The summed E-state index contributed by atoms with van der Waals surface area (Å²) in [5, 5.41) is 2.27. The van der Waals surface area contributed by atoms with Crippen molar-refractivity contribution in [2.24, 2.45) is 0 Å². The predicted octanol–water partition coefficient (Wildman–Crippen LogP) is 0.939. The second-order valence-corrected chi connectivity index (χ2v) is 3.97. The van der Waals surface area contributed by atoms with E-state index in [-0.39, 0.29) is 0 Å². The van der Waals surface area contributed by atoms with Gasteiger partial charge in [-0.05, 0) is 12.6 Å². The lowest BCUT2D eigenvalue weighted by Gasteiger charge is -2.34. The highest BCUT2D eigenvalue weighted by molar-refractivity contribution is 5.14. The van der Waals surface area contributed by atoms with Crippen LogP contribution in [0.2, 0.25) is 0 Å². The van der Waals surface area contributed by atoms with Crippen LogP contribution in [0, 0.1) is 0 Å². The smallest absolute Gasteiger partial charge is 0.0259 e. The standard InChI is InChI=1S/C12H19N3/c1-13-15-9-7-14(8-10-15)11-12-5-3-2-4-6-12/h2-6,13H,7-11H2,1H3. The van der Waals surface area contributed by atoms with Crippen molar-refractivity contribution < 1.29 is 0 Å². The Labute approximate surface area is 91.7 Å². The number of hydrogen-bond donors (Lipinski definition) is 1. The Kier molecular flexibility index (Phi) is 3.72. The maximum absolute atomic E-state index is 3.19. The lowest BCUT2D eigenvalue weighted by molar-refractivity contribution is 0.0947. The second-order valence-electron chi connectivity index (χ2n) is 3.97. The van der Waals surface area contributed by atoms with Crippen molar-refractivity contribution in [2.75, 3.05) is 33.2 Å². The zero-order valence-corrected chi connectivity index (χ0v) is 9.32. The predicted molar refractivity (Wildman–Crippen MR) is 62.4 cm³/mol. The Balaban J connectivity index is 1.82. The van der Waals surface area contributed by atoms with Crippen LogP contribution in [0.3, 0.4) is 0 Å². The van der Waals surface area contributed by atoms with Gasteiger partial charge in [0.1, 0.15) is 0 Å². The normalized spacial score (nSPS) is 19.3. The van der Waals surface area contributed by atoms with Gasteiger partial charge in [0.2, 0.25) is 0 Å². The number of nitrogens with one attached hydrogen (secondary N) is 1. The Morgan fingerprint density at radius 2 is 1.73 bits per heavy atom. The third-order valence-electron chi connectivity index (χ3n) is 2.94. The van der Waals surface area contributed by atoms with E-state index in [4.69, 9.17) is 0 Å². The molecule has 1 aliphatic rings. The molecule has 2 rings (SSSR count). The molecule has 82 valence electrons. The largest absolute Gasteiger partial charge is 0.296 e. The maximum atomic E-state index is 3.19. The maximum Gasteiger partial charge on any atom is 0.0259 e. The van der Waals surface area contributed by atoms with Crippen LogP contribution in [0.5, 0.6) is 0 Å². The number of benzene rings is 1. The van der Waals surface area contributed by atoms with Crippen LogP contribution in [0.15, 0.2) is 30.3 Å². The molecule has 0 radical (unpaired) electrons. The summed E-state index contributed by atoms with van der Waals surface area (Å²) < 4.78 is 0. The molecular formula is C12H19N3. The van der Waals surface area contributed by atoms with Gasteiger partial charge in [0, 0.05) is 32.7 Å². The first-order valence-corrected chi connectivity index (χ1v) is 5.57. The number of hydrogen-bond acceptors (Lipinski definition) is 3. The first kappa shape index (κ1) is 10.6. The van der Waals surface area contributed by atoms with Crippen molar-refractivity contribution in [3.8, 4) is 0 Å². The molecule has 1 aromatic carbocycles. The molecule has 0 aliphatic carbocycles. The lowest BCUT2D eigenvalue weighted by Crippen LogP contribution is -2.50. The first-order chi connectivity index (χ1) is 7.38. The molecule has 1 fully saturated rings. The quantitative estimate of drug-likeness (QED) is 0.792. The van der Waals surface area contributed by atoms with Crippen LogP contribution >= 0.6 is 0 Å². The number of hydrazine groups is 1. The molecule has 0 atom stereocenters. The molecule has 1 N–H and O–H groups in total. The molecule has 3 heteroatoms. The van der Waals surface area contributed by atoms with Gasteiger partial charge in [0.25, 0.3) is 0 Å². The summed E-state index contributed by atoms with van der Waals surface area (Å²) >= 11 is 0. The van der Waals surface area contributed by atoms with E-state index in [9.17, 15) is 0 Å². The number of rotatable bonds is 3. The molecule has 0 unspecified atom stereocenters. The molecule has 0 amide bonds. The van der Waals surface area contributed by atoms with Gasteiger partial charge >= 0.3 is 0 Å². The Morgan fingerprint density at radius 3 is 2.33 bits per heavy atom. The molecule has 0 aromatic heterocycles. The van der Waals surface area contributed by atoms with Crippen molar-refractivity contribution in [1.29, 1.82) is 0 Å². The summed E-state index contributed by atoms with van der Waals surface area (Å²) in [6.07, 6.45) is 0. The van der Waals surface area contributed by atoms with E-state index in [1.807, 2.05) is 7.05 Å². The topological polar surface area (TPSA) is 18.5 Å². The molecule has 1 heterocycles. The highest BCUT2D eigenvalue weighted by atomic mass is 15.5. The Bertz CT molecular complexity index is 278. The van der Waals surface area contributed by atoms with Crippen molar-refractivity contribution in [1.82, 2.24) is 15.3 Å². The van der Waals surface area contributed by atoms with Gasteiger partial charge in [0.15, 0.2) is 0 Å². The fourth-order valence-corrected chi connectivity index (χ4v) is 1.97. The monoisotopic (exact) mass is 205 g/mol. The summed E-state index contributed by atoms with van der Waals surface area (Å²) in [6, 6.07) is 10.7. The van der Waals surface area contributed by atoms with Crippen LogP contribution in [0.4, 0.5) is 0 Å². The summed E-state index contributed by atoms with van der Waals surface area (Å²) in [5.41, 5.74) is 4.61. The van der Waals surface area contributed by atoms with Gasteiger partial charge in [-0.3, -0.25) is 10.3 Å². The summed E-state index contributed by atoms with van der Waals surface area (Å²) in [5.74, 6) is 0. The van der Waals surface area contributed by atoms with Gasteiger partial charge in [-0.1, -0.05) is 30.3 Å². The second kappa shape index (κ2) is 5.26. The van der Waals surface area contributed by atoms with Crippen molar-refractivity contribution in [2.45, 2.75) is 6.54 Å². The van der Waals surface area contributed by atoms with E-state index in [0.29, 0.717) is 0 Å². The van der Waals surface area contributed by atoms with E-state index in [0.717, 1.165) is 32.7 Å². The molecule has 3 nitrogen and oxygen atoms in total. The highest BCUT2D eigenvalue weighted by Crippen LogP contribution is 2.06. The minimum atomic E-state index is 1.08. The van der Waals surface area contributed by atoms with Gasteiger partial charge in [-0.25, -0.2) is 5.01 Å². The minimum absolute atomic E-state index is 1.08. The Morgan fingerprint density at radius 1 is 1.07 bits per heavy atom. The molecule has 1 aromatic rings. The van der Waals surface area contributed by atoms with Crippen molar-refractivity contribution >= 4 is 0 Å². The third kappa shape index (κ3) is 3.02. The summed E-state index contributed by atoms with van der Waals surface area (Å²) in [4.78, 5) is 2.50. The number of piperazine rings is 1. The first-order valence-electron chi connectivity index (χ1n) is 5.57. The van der Waals surface area contributed by atoms with Gasteiger partial charge < -0.3 is 0 Å². The van der Waals surface area contributed by atoms with E-state index in [1.54, 1.807) is 0 Å². The minimum Gasteiger partial charge on any atom is -0.296 e. The molecule has 15 heavy (non-hydrogen) atoms. The lowest BCUT2D eigenvalue weighted by atomic mass is 10.2. The van der Waals surface area contributed by atoms with E-state index in [2.05, 4.69) is 45.7 Å². The zero-order chi connectivity index (χ0) is 10.5. The third-order valence-corrected chi connectivity index (χ3v) is 2.94. The highest BCUT2D eigenvalue weighted by Gasteiger charge is 2.14. The van der Waals surface area contributed by atoms with Crippen LogP contribution in [-0.2, 0) is 6.54 Å². The van der Waals surface area contributed by atoms with E-state index < -0.39 is 0 Å². The van der Waals surface area contributed by atoms with Crippen LogP contribution in [-0.4, -0.2) is 43.1 Å². The van der Waals surface area contributed by atoms with E-state index >= 15 is 0 Å².